The van der Waals surface area contributed by atoms with Gasteiger partial charge in [0.05, 0.1) is 18.3 Å². The first-order valence-electron chi connectivity index (χ1n) is 8.44. The molecule has 0 aromatic heterocycles. The van der Waals surface area contributed by atoms with Gasteiger partial charge >= 0.3 is 0 Å². The van der Waals surface area contributed by atoms with E-state index in [4.69, 9.17) is 4.99 Å². The second-order valence-electron chi connectivity index (χ2n) is 6.04. The molecule has 0 bridgehead atoms. The van der Waals surface area contributed by atoms with Crippen molar-refractivity contribution in [3.8, 4) is 0 Å². The zero-order valence-electron chi connectivity index (χ0n) is 14.0. The standard InChI is InChI=1S/C20H25N3/c1-3-13-21-14-17-15-22-20(16-9-5-4-6-10-16)18-11-7-8-12-19(18)23(17)2/h4-12,17,21H,3,13-15H2,1-2H3. The van der Waals surface area contributed by atoms with Crippen LogP contribution in [-0.2, 0) is 0 Å². The predicted molar refractivity (Wildman–Crippen MR) is 98.7 cm³/mol. The second kappa shape index (κ2) is 7.42. The van der Waals surface area contributed by atoms with Crippen LogP contribution in [0.3, 0.4) is 0 Å². The second-order valence-corrected chi connectivity index (χ2v) is 6.04. The van der Waals surface area contributed by atoms with Gasteiger partial charge in [0.2, 0.25) is 0 Å². The van der Waals surface area contributed by atoms with Gasteiger partial charge in [0.15, 0.2) is 0 Å². The van der Waals surface area contributed by atoms with Crippen LogP contribution in [0.15, 0.2) is 59.6 Å². The maximum atomic E-state index is 4.98. The van der Waals surface area contributed by atoms with E-state index in [2.05, 4.69) is 78.8 Å². The van der Waals surface area contributed by atoms with Crippen LogP contribution in [0, 0.1) is 0 Å². The highest BCUT2D eigenvalue weighted by Crippen LogP contribution is 2.27. The van der Waals surface area contributed by atoms with E-state index in [0.717, 1.165) is 31.8 Å². The van der Waals surface area contributed by atoms with Crippen molar-refractivity contribution in [3.63, 3.8) is 0 Å². The number of rotatable bonds is 5. The van der Waals surface area contributed by atoms with Crippen LogP contribution in [0.25, 0.3) is 0 Å². The number of likely N-dealkylation sites (N-methyl/N-ethyl adjacent to an activating group) is 1. The Hall–Kier alpha value is -2.13. The van der Waals surface area contributed by atoms with Crippen molar-refractivity contribution < 1.29 is 0 Å². The molecule has 2 aromatic rings. The van der Waals surface area contributed by atoms with Crippen LogP contribution in [0.1, 0.15) is 24.5 Å². The van der Waals surface area contributed by atoms with Crippen LogP contribution in [0.5, 0.6) is 0 Å². The van der Waals surface area contributed by atoms with Crippen LogP contribution in [0.2, 0.25) is 0 Å². The lowest BCUT2D eigenvalue weighted by atomic mass is 10.0. The van der Waals surface area contributed by atoms with E-state index in [9.17, 15) is 0 Å². The van der Waals surface area contributed by atoms with Crippen LogP contribution in [-0.4, -0.2) is 38.4 Å². The van der Waals surface area contributed by atoms with Crippen molar-refractivity contribution in [3.05, 3.63) is 65.7 Å². The molecule has 1 unspecified atom stereocenters. The van der Waals surface area contributed by atoms with Crippen LogP contribution < -0.4 is 10.2 Å². The molecular formula is C20H25N3. The monoisotopic (exact) mass is 307 g/mol. The molecule has 2 aromatic carbocycles. The Morgan fingerprint density at radius 2 is 1.83 bits per heavy atom. The van der Waals surface area contributed by atoms with Crippen molar-refractivity contribution in [2.75, 3.05) is 31.6 Å². The quantitative estimate of drug-likeness (QED) is 0.858. The zero-order valence-corrected chi connectivity index (χ0v) is 14.0. The van der Waals surface area contributed by atoms with Gasteiger partial charge in [-0.25, -0.2) is 0 Å². The number of hydrogen-bond acceptors (Lipinski definition) is 3. The Bertz CT molecular complexity index is 664. The molecule has 0 fully saturated rings. The van der Waals surface area contributed by atoms with Crippen molar-refractivity contribution in [1.82, 2.24) is 5.32 Å². The molecule has 3 heteroatoms. The highest BCUT2D eigenvalue weighted by Gasteiger charge is 2.23. The fraction of sp³-hybridized carbons (Fsp3) is 0.350. The minimum Gasteiger partial charge on any atom is -0.368 e. The summed E-state index contributed by atoms with van der Waals surface area (Å²) in [6.07, 6.45) is 1.16. The minimum atomic E-state index is 0.379. The summed E-state index contributed by atoms with van der Waals surface area (Å²) in [5, 5.41) is 3.54. The van der Waals surface area contributed by atoms with Gasteiger partial charge < -0.3 is 10.2 Å². The first kappa shape index (κ1) is 15.8. The number of aliphatic imine (C=N–C) groups is 1. The van der Waals surface area contributed by atoms with E-state index >= 15 is 0 Å². The summed E-state index contributed by atoms with van der Waals surface area (Å²) in [4.78, 5) is 7.35. The number of para-hydroxylation sites is 1. The van der Waals surface area contributed by atoms with E-state index in [-0.39, 0.29) is 0 Å². The fourth-order valence-corrected chi connectivity index (χ4v) is 3.07. The molecule has 0 aliphatic carbocycles. The number of nitrogens with zero attached hydrogens (tertiary/aromatic N) is 2. The van der Waals surface area contributed by atoms with Gasteiger partial charge in [-0.05, 0) is 19.0 Å². The Kier molecular flexibility index (Phi) is 5.09. The van der Waals surface area contributed by atoms with Crippen molar-refractivity contribution in [1.29, 1.82) is 0 Å². The number of benzene rings is 2. The molecule has 0 radical (unpaired) electrons. The van der Waals surface area contributed by atoms with Crippen molar-refractivity contribution >= 4 is 11.4 Å². The highest BCUT2D eigenvalue weighted by atomic mass is 15.2. The molecule has 23 heavy (non-hydrogen) atoms. The van der Waals surface area contributed by atoms with E-state index in [1.807, 2.05) is 0 Å². The third-order valence-electron chi connectivity index (χ3n) is 4.40. The maximum Gasteiger partial charge on any atom is 0.0740 e. The Balaban J connectivity index is 1.96. The molecule has 0 amide bonds. The molecule has 0 saturated carbocycles. The first-order valence-corrected chi connectivity index (χ1v) is 8.44. The molecule has 120 valence electrons. The SMILES string of the molecule is CCCNCC1CN=C(c2ccccc2)c2ccccc2N1C. The van der Waals surface area contributed by atoms with Gasteiger partial charge in [-0.2, -0.15) is 0 Å². The van der Waals surface area contributed by atoms with Crippen LogP contribution in [0.4, 0.5) is 5.69 Å². The fourth-order valence-electron chi connectivity index (χ4n) is 3.07. The largest absolute Gasteiger partial charge is 0.368 e. The van der Waals surface area contributed by atoms with E-state index in [1.165, 1.54) is 16.8 Å². The summed E-state index contributed by atoms with van der Waals surface area (Å²) in [7, 11) is 2.18. The lowest BCUT2D eigenvalue weighted by molar-refractivity contribution is 0.560. The third-order valence-corrected chi connectivity index (χ3v) is 4.40. The molecule has 0 saturated heterocycles. The molecule has 1 N–H and O–H groups in total. The Morgan fingerprint density at radius 3 is 2.61 bits per heavy atom. The number of benzodiazepines with no additional fused rings is 1. The van der Waals surface area contributed by atoms with Gasteiger partial charge in [0, 0.05) is 30.4 Å². The van der Waals surface area contributed by atoms with Gasteiger partial charge in [0.25, 0.3) is 0 Å². The normalized spacial score (nSPS) is 17.4. The van der Waals surface area contributed by atoms with E-state index in [1.54, 1.807) is 0 Å². The maximum absolute atomic E-state index is 4.98. The predicted octanol–water partition coefficient (Wildman–Crippen LogP) is 3.34. The van der Waals surface area contributed by atoms with Crippen molar-refractivity contribution in [2.24, 2.45) is 4.99 Å². The van der Waals surface area contributed by atoms with Gasteiger partial charge in [-0.3, -0.25) is 4.99 Å². The van der Waals surface area contributed by atoms with Gasteiger partial charge in [-0.15, -0.1) is 0 Å². The number of fused-ring (bicyclic) bond motifs is 1. The zero-order chi connectivity index (χ0) is 16.1. The average molecular weight is 307 g/mol. The highest BCUT2D eigenvalue weighted by molar-refractivity contribution is 6.16. The topological polar surface area (TPSA) is 27.6 Å². The van der Waals surface area contributed by atoms with Crippen LogP contribution >= 0.6 is 0 Å². The molecule has 1 heterocycles. The lowest BCUT2D eigenvalue weighted by Crippen LogP contribution is -2.42. The first-order chi connectivity index (χ1) is 11.3. The molecule has 0 spiro atoms. The summed E-state index contributed by atoms with van der Waals surface area (Å²) in [5.74, 6) is 0. The summed E-state index contributed by atoms with van der Waals surface area (Å²) in [5.41, 5.74) is 4.77. The smallest absolute Gasteiger partial charge is 0.0740 e. The average Bonchev–Trinajstić information content (AvgIpc) is 2.74. The summed E-state index contributed by atoms with van der Waals surface area (Å²) in [6.45, 7) is 5.03. The number of anilines is 1. The van der Waals surface area contributed by atoms with Gasteiger partial charge in [0.1, 0.15) is 0 Å². The van der Waals surface area contributed by atoms with Crippen molar-refractivity contribution in [2.45, 2.75) is 19.4 Å². The summed E-state index contributed by atoms with van der Waals surface area (Å²) in [6, 6.07) is 19.5. The minimum absolute atomic E-state index is 0.379. The molecule has 1 atom stereocenters. The molecule has 3 rings (SSSR count). The van der Waals surface area contributed by atoms with E-state index in [0.29, 0.717) is 6.04 Å². The number of nitrogens with one attached hydrogen (secondary N) is 1. The summed E-state index contributed by atoms with van der Waals surface area (Å²) < 4.78 is 0. The van der Waals surface area contributed by atoms with E-state index < -0.39 is 0 Å². The van der Waals surface area contributed by atoms with Gasteiger partial charge in [-0.1, -0.05) is 55.5 Å². The Morgan fingerprint density at radius 1 is 1.09 bits per heavy atom. The summed E-state index contributed by atoms with van der Waals surface area (Å²) >= 11 is 0. The molecule has 1 aliphatic rings. The molecular weight excluding hydrogens is 282 g/mol. The molecule has 3 nitrogen and oxygen atoms in total. The molecule has 1 aliphatic heterocycles. The third kappa shape index (κ3) is 3.45. The lowest BCUT2D eigenvalue weighted by Gasteiger charge is -2.29. The number of hydrogen-bond donors (Lipinski definition) is 1. The Labute approximate surface area is 139 Å².